The molecule has 4 aliphatic rings. The minimum Gasteiger partial charge on any atom is -0.490 e. The van der Waals surface area contributed by atoms with Crippen LogP contribution in [-0.4, -0.2) is 65.2 Å². The molecule has 3 fully saturated rings. The first-order valence-electron chi connectivity index (χ1n) is 18.5. The Balaban J connectivity index is 1.19. The number of rotatable bonds is 8. The van der Waals surface area contributed by atoms with Crippen molar-refractivity contribution in [3.8, 4) is 29.0 Å². The standard InChI is InChI=1S/C39H35F7N8O2S/c1-19(20-3-2-10-50-32(20)48)54-13-14-55-30-26-29(28(41)25(27(30)39(44,45)46)21-4-5-23(40)31-24(21)22(15-47)33(49)57-31)51-35(52-34(26)54)56-18-36(6-7-36)17-53-11-8-37(9-12-53)16-38(37,42)43/h2-5,10,19H,6-9,11-14,16-18,49H2,1H3,(H2,48,50)/t19-/m1/s1. The molecule has 2 aromatic carbocycles. The van der Waals surface area contributed by atoms with Crippen molar-refractivity contribution in [2.24, 2.45) is 10.8 Å². The second-order valence-corrected chi connectivity index (χ2v) is 16.7. The molecule has 1 spiro atoms. The van der Waals surface area contributed by atoms with Crippen LogP contribution >= 0.6 is 11.3 Å². The Kier molecular flexibility index (Phi) is 8.49. The van der Waals surface area contributed by atoms with Crippen molar-refractivity contribution >= 4 is 49.0 Å². The number of pyridine rings is 1. The number of nitrogens with two attached hydrogens (primary N) is 2. The second-order valence-electron chi connectivity index (χ2n) is 15.6. The van der Waals surface area contributed by atoms with Crippen LogP contribution in [0, 0.1) is 33.8 Å². The summed E-state index contributed by atoms with van der Waals surface area (Å²) in [7, 11) is 0. The van der Waals surface area contributed by atoms with Crippen LogP contribution in [0.2, 0.25) is 0 Å². The van der Waals surface area contributed by atoms with Crippen LogP contribution in [0.3, 0.4) is 0 Å². The first-order valence-corrected chi connectivity index (χ1v) is 19.3. The maximum Gasteiger partial charge on any atom is 0.420 e. The van der Waals surface area contributed by atoms with E-state index in [2.05, 4.69) is 19.9 Å². The number of anilines is 3. The lowest BCUT2D eigenvalue weighted by molar-refractivity contribution is -0.138. The molecule has 0 radical (unpaired) electrons. The first-order chi connectivity index (χ1) is 27.1. The number of benzene rings is 2. The Morgan fingerprint density at radius 1 is 1.05 bits per heavy atom. The predicted molar refractivity (Wildman–Crippen MR) is 199 cm³/mol. The second kappa shape index (κ2) is 12.9. The summed E-state index contributed by atoms with van der Waals surface area (Å²) in [5, 5.41) is 9.17. The highest BCUT2D eigenvalue weighted by Crippen LogP contribution is 2.66. The highest BCUT2D eigenvalue weighted by atomic mass is 32.1. The molecule has 57 heavy (non-hydrogen) atoms. The maximum absolute atomic E-state index is 17.5. The van der Waals surface area contributed by atoms with Crippen LogP contribution < -0.4 is 25.8 Å². The molecule has 5 heterocycles. The lowest BCUT2D eigenvalue weighted by Gasteiger charge is -2.34. The van der Waals surface area contributed by atoms with Crippen LogP contribution in [-0.2, 0) is 6.18 Å². The zero-order valence-electron chi connectivity index (χ0n) is 30.5. The molecule has 298 valence electrons. The van der Waals surface area contributed by atoms with Crippen molar-refractivity contribution in [2.45, 2.75) is 57.2 Å². The smallest absolute Gasteiger partial charge is 0.420 e. The summed E-state index contributed by atoms with van der Waals surface area (Å²) in [4.78, 5) is 17.0. The molecule has 1 atom stereocenters. The monoisotopic (exact) mass is 812 g/mol. The number of nitrogens with zero attached hydrogens (tertiary/aromatic N) is 6. The number of thiophene rings is 1. The molecule has 5 aromatic rings. The summed E-state index contributed by atoms with van der Waals surface area (Å²) in [5.41, 5.74) is 7.76. The van der Waals surface area contributed by atoms with E-state index in [0.29, 0.717) is 49.4 Å². The molecule has 3 aromatic heterocycles. The van der Waals surface area contributed by atoms with E-state index in [9.17, 15) is 14.0 Å². The molecule has 9 rings (SSSR count). The maximum atomic E-state index is 17.5. The van der Waals surface area contributed by atoms with E-state index in [0.717, 1.165) is 25.0 Å². The molecule has 18 heteroatoms. The lowest BCUT2D eigenvalue weighted by Crippen LogP contribution is -2.41. The van der Waals surface area contributed by atoms with Gasteiger partial charge in [-0.05, 0) is 63.4 Å². The number of hydrogen-bond donors (Lipinski definition) is 2. The topological polar surface area (TPSA) is 139 Å². The van der Waals surface area contributed by atoms with Gasteiger partial charge in [0.25, 0.3) is 5.92 Å². The van der Waals surface area contributed by atoms with Crippen LogP contribution in [0.15, 0.2) is 30.5 Å². The summed E-state index contributed by atoms with van der Waals surface area (Å²) in [6.45, 7) is 3.13. The van der Waals surface area contributed by atoms with Gasteiger partial charge in [-0.25, -0.2) is 22.5 Å². The number of nitrogen functional groups attached to an aromatic ring is 2. The summed E-state index contributed by atoms with van der Waals surface area (Å²) in [5.74, 6) is -5.56. The molecule has 2 aliphatic carbocycles. The van der Waals surface area contributed by atoms with E-state index < -0.39 is 63.1 Å². The molecule has 2 saturated carbocycles. The van der Waals surface area contributed by atoms with Gasteiger partial charge in [0.2, 0.25) is 0 Å². The molecule has 10 nitrogen and oxygen atoms in total. The largest absolute Gasteiger partial charge is 0.490 e. The molecule has 0 unspecified atom stereocenters. The quantitative estimate of drug-likeness (QED) is 0.147. The average molecular weight is 813 g/mol. The van der Waals surface area contributed by atoms with Gasteiger partial charge in [-0.1, -0.05) is 12.1 Å². The number of aromatic nitrogens is 3. The van der Waals surface area contributed by atoms with Crippen molar-refractivity contribution in [1.29, 1.82) is 5.26 Å². The van der Waals surface area contributed by atoms with Crippen molar-refractivity contribution in [2.75, 3.05) is 55.8 Å². The van der Waals surface area contributed by atoms with Gasteiger partial charge in [0, 0.05) is 46.5 Å². The van der Waals surface area contributed by atoms with Gasteiger partial charge in [-0.15, -0.1) is 11.3 Å². The minimum absolute atomic E-state index is 0.0240. The Morgan fingerprint density at radius 2 is 1.79 bits per heavy atom. The van der Waals surface area contributed by atoms with E-state index in [-0.39, 0.29) is 75.3 Å². The number of fused-ring (bicyclic) bond motifs is 1. The van der Waals surface area contributed by atoms with Gasteiger partial charge in [-0.2, -0.15) is 28.4 Å². The summed E-state index contributed by atoms with van der Waals surface area (Å²) < 4.78 is 119. The predicted octanol–water partition coefficient (Wildman–Crippen LogP) is 8.48. The zero-order valence-corrected chi connectivity index (χ0v) is 31.3. The Labute approximate surface area is 325 Å². The highest BCUT2D eigenvalue weighted by Gasteiger charge is 2.70. The van der Waals surface area contributed by atoms with E-state index >= 15 is 22.0 Å². The fraction of sp³-hybridized carbons (Fsp3) is 0.436. The van der Waals surface area contributed by atoms with Crippen LogP contribution in [0.25, 0.3) is 32.1 Å². The normalized spacial score (nSPS) is 19.9. The average Bonchev–Trinajstić information content (AvgIpc) is 4.02. The van der Waals surface area contributed by atoms with Crippen molar-refractivity contribution < 1.29 is 40.2 Å². The van der Waals surface area contributed by atoms with Gasteiger partial charge < -0.3 is 30.7 Å². The van der Waals surface area contributed by atoms with E-state index in [1.165, 1.54) is 6.20 Å². The van der Waals surface area contributed by atoms with Crippen LogP contribution in [0.4, 0.5) is 47.4 Å². The van der Waals surface area contributed by atoms with Crippen molar-refractivity contribution in [1.82, 2.24) is 19.9 Å². The number of halogens is 7. The Hall–Kier alpha value is -5.15. The number of alkyl halides is 5. The fourth-order valence-electron chi connectivity index (χ4n) is 8.67. The number of ether oxygens (including phenoxy) is 2. The molecule has 0 amide bonds. The zero-order chi connectivity index (χ0) is 40.2. The lowest BCUT2D eigenvalue weighted by atomic mass is 9.91. The fourth-order valence-corrected chi connectivity index (χ4v) is 9.62. The third-order valence-corrected chi connectivity index (χ3v) is 13.2. The summed E-state index contributed by atoms with van der Waals surface area (Å²) in [6.07, 6.45) is -1.46. The highest BCUT2D eigenvalue weighted by molar-refractivity contribution is 7.23. The molecular weight excluding hydrogens is 778 g/mol. The van der Waals surface area contributed by atoms with E-state index in [1.807, 2.05) is 6.07 Å². The Bertz CT molecular complexity index is 2510. The molecule has 4 N–H and O–H groups in total. The van der Waals surface area contributed by atoms with E-state index in [1.54, 1.807) is 24.0 Å². The first kappa shape index (κ1) is 37.4. The van der Waals surface area contributed by atoms with Crippen LogP contribution in [0.1, 0.15) is 61.8 Å². The summed E-state index contributed by atoms with van der Waals surface area (Å²) in [6, 6.07) is 6.11. The van der Waals surface area contributed by atoms with E-state index in [4.69, 9.17) is 20.9 Å². The number of piperidine rings is 1. The third kappa shape index (κ3) is 6.03. The summed E-state index contributed by atoms with van der Waals surface area (Å²) >= 11 is 0.664. The SMILES string of the molecule is C[C@H](c1cccnc1N)N1CCOc2c(C(F)(F)F)c(-c3ccc(F)c4sc(N)c(C#N)c34)c(F)c3nc(OCC4(CN5CCC6(CC5)CC6(F)F)CC4)nc1c23. The molecular formula is C39H35F7N8O2S. The van der Waals surface area contributed by atoms with Gasteiger partial charge in [0.05, 0.1) is 34.8 Å². The molecule has 1 saturated heterocycles. The van der Waals surface area contributed by atoms with Crippen molar-refractivity contribution in [3.63, 3.8) is 0 Å². The third-order valence-electron chi connectivity index (χ3n) is 12.2. The van der Waals surface area contributed by atoms with Gasteiger partial charge >= 0.3 is 12.2 Å². The molecule has 0 bridgehead atoms. The number of nitriles is 1. The number of likely N-dealkylation sites (tertiary alicyclic amines) is 1. The molecule has 2 aliphatic heterocycles. The minimum atomic E-state index is -5.24. The van der Waals surface area contributed by atoms with Gasteiger partial charge in [0.1, 0.15) is 52.0 Å². The van der Waals surface area contributed by atoms with Gasteiger partial charge in [-0.3, -0.25) is 0 Å². The number of hydrogen-bond acceptors (Lipinski definition) is 11. The van der Waals surface area contributed by atoms with Crippen LogP contribution in [0.5, 0.6) is 11.8 Å². The van der Waals surface area contributed by atoms with Gasteiger partial charge in [0.15, 0.2) is 5.82 Å². The Morgan fingerprint density at radius 3 is 2.44 bits per heavy atom. The van der Waals surface area contributed by atoms with Crippen molar-refractivity contribution in [3.05, 3.63) is 58.8 Å².